The number of halogens is 1. The summed E-state index contributed by atoms with van der Waals surface area (Å²) in [5.41, 5.74) is -1.04. The lowest BCUT2D eigenvalue weighted by Gasteiger charge is -2.33. The number of hydrogen-bond donors (Lipinski definition) is 1. The van der Waals surface area contributed by atoms with Gasteiger partial charge in [0.15, 0.2) is 0 Å². The Morgan fingerprint density at radius 2 is 1.82 bits per heavy atom. The van der Waals surface area contributed by atoms with Gasteiger partial charge in [0.05, 0.1) is 5.41 Å². The summed E-state index contributed by atoms with van der Waals surface area (Å²) in [6, 6.07) is 5.91. The zero-order valence-corrected chi connectivity index (χ0v) is 9.28. The molecule has 1 aromatic rings. The summed E-state index contributed by atoms with van der Waals surface area (Å²) >= 11 is 0. The number of carbonyl (C=O) groups is 2. The first-order valence-electron chi connectivity index (χ1n) is 5.56. The van der Waals surface area contributed by atoms with Crippen LogP contribution in [-0.2, 0) is 15.0 Å². The van der Waals surface area contributed by atoms with Crippen LogP contribution in [0.5, 0.6) is 0 Å². The summed E-state index contributed by atoms with van der Waals surface area (Å²) < 4.78 is 13.7. The third-order valence-electron chi connectivity index (χ3n) is 3.46. The molecule has 1 saturated carbocycles. The van der Waals surface area contributed by atoms with Gasteiger partial charge in [-0.05, 0) is 18.9 Å². The lowest BCUT2D eigenvalue weighted by molar-refractivity contribution is -0.146. The number of ketones is 1. The first-order valence-corrected chi connectivity index (χ1v) is 5.56. The molecule has 1 aliphatic carbocycles. The summed E-state index contributed by atoms with van der Waals surface area (Å²) in [5.74, 6) is -1.50. The van der Waals surface area contributed by atoms with Gasteiger partial charge in [-0.25, -0.2) is 4.39 Å². The van der Waals surface area contributed by atoms with Crippen molar-refractivity contribution in [3.05, 3.63) is 35.6 Å². The van der Waals surface area contributed by atoms with Gasteiger partial charge in [0.2, 0.25) is 0 Å². The van der Waals surface area contributed by atoms with Crippen LogP contribution in [0.4, 0.5) is 4.39 Å². The van der Waals surface area contributed by atoms with Crippen LogP contribution in [0.2, 0.25) is 0 Å². The number of carboxylic acids is 1. The molecule has 1 fully saturated rings. The molecular formula is C13H13FO3. The van der Waals surface area contributed by atoms with Crippen LogP contribution < -0.4 is 0 Å². The van der Waals surface area contributed by atoms with E-state index in [1.807, 2.05) is 0 Å². The fourth-order valence-electron chi connectivity index (χ4n) is 2.40. The van der Waals surface area contributed by atoms with E-state index in [0.29, 0.717) is 0 Å². The van der Waals surface area contributed by atoms with Crippen molar-refractivity contribution in [1.29, 1.82) is 0 Å². The van der Waals surface area contributed by atoms with Crippen LogP contribution in [0.25, 0.3) is 0 Å². The Balaban J connectivity index is 2.46. The summed E-state index contributed by atoms with van der Waals surface area (Å²) in [6.07, 6.45) is 0.783. The summed E-state index contributed by atoms with van der Waals surface area (Å²) in [4.78, 5) is 22.7. The molecule has 0 bridgehead atoms. The summed E-state index contributed by atoms with van der Waals surface area (Å²) in [5, 5.41) is 9.37. The Labute approximate surface area is 98.3 Å². The third kappa shape index (κ3) is 1.95. The van der Waals surface area contributed by atoms with E-state index in [9.17, 15) is 19.1 Å². The third-order valence-corrected chi connectivity index (χ3v) is 3.46. The first kappa shape index (κ1) is 11.8. The molecule has 0 saturated heterocycles. The van der Waals surface area contributed by atoms with Crippen LogP contribution in [0, 0.1) is 5.82 Å². The molecule has 1 aliphatic rings. The molecule has 1 N–H and O–H groups in total. The van der Waals surface area contributed by atoms with E-state index < -0.39 is 17.2 Å². The number of hydrogen-bond acceptors (Lipinski definition) is 2. The number of Topliss-reactive ketones (excluding diaryl/α,β-unsaturated/α-hetero) is 1. The van der Waals surface area contributed by atoms with E-state index in [2.05, 4.69) is 0 Å². The largest absolute Gasteiger partial charge is 0.481 e. The molecule has 0 spiro atoms. The van der Waals surface area contributed by atoms with Crippen molar-refractivity contribution in [2.75, 3.05) is 0 Å². The molecule has 17 heavy (non-hydrogen) atoms. The highest BCUT2D eigenvalue weighted by molar-refractivity contribution is 5.87. The Bertz CT molecular complexity index is 457. The SMILES string of the molecule is O=C1CCC(C(=O)O)(c2ccccc2F)CC1. The van der Waals surface area contributed by atoms with Gasteiger partial charge in [-0.3, -0.25) is 9.59 Å². The number of aliphatic carboxylic acids is 1. The van der Waals surface area contributed by atoms with Gasteiger partial charge in [0.25, 0.3) is 0 Å². The predicted molar refractivity (Wildman–Crippen MR) is 59.2 cm³/mol. The van der Waals surface area contributed by atoms with Gasteiger partial charge in [0, 0.05) is 18.4 Å². The van der Waals surface area contributed by atoms with Crippen molar-refractivity contribution in [3.63, 3.8) is 0 Å². The van der Waals surface area contributed by atoms with Gasteiger partial charge < -0.3 is 5.11 Å². The van der Waals surface area contributed by atoms with Crippen LogP contribution in [0.15, 0.2) is 24.3 Å². The fraction of sp³-hybridized carbons (Fsp3) is 0.385. The first-order chi connectivity index (χ1) is 8.06. The minimum atomic E-state index is -1.24. The summed E-state index contributed by atoms with van der Waals surface area (Å²) in [6.45, 7) is 0. The molecule has 3 nitrogen and oxygen atoms in total. The minimum Gasteiger partial charge on any atom is -0.481 e. The zero-order valence-electron chi connectivity index (χ0n) is 9.28. The Morgan fingerprint density at radius 1 is 1.24 bits per heavy atom. The van der Waals surface area contributed by atoms with E-state index >= 15 is 0 Å². The van der Waals surface area contributed by atoms with Crippen molar-refractivity contribution in [2.24, 2.45) is 0 Å². The van der Waals surface area contributed by atoms with Gasteiger partial charge in [0.1, 0.15) is 11.6 Å². The van der Waals surface area contributed by atoms with E-state index in [0.717, 1.165) is 0 Å². The Hall–Kier alpha value is -1.71. The second kappa shape index (κ2) is 4.28. The van der Waals surface area contributed by atoms with Crippen molar-refractivity contribution in [1.82, 2.24) is 0 Å². The van der Waals surface area contributed by atoms with Crippen molar-refractivity contribution in [2.45, 2.75) is 31.1 Å². The van der Waals surface area contributed by atoms with E-state index in [1.165, 1.54) is 18.2 Å². The standard InChI is InChI=1S/C13H13FO3/c14-11-4-2-1-3-10(11)13(12(16)17)7-5-9(15)6-8-13/h1-4H,5-8H2,(H,16,17). The molecule has 0 amide bonds. The zero-order chi connectivity index (χ0) is 12.5. The number of rotatable bonds is 2. The lowest BCUT2D eigenvalue weighted by atomic mass is 9.69. The van der Waals surface area contributed by atoms with Crippen LogP contribution in [0.3, 0.4) is 0 Å². The smallest absolute Gasteiger partial charge is 0.314 e. The normalized spacial score (nSPS) is 19.0. The van der Waals surface area contributed by atoms with Crippen LogP contribution in [0.1, 0.15) is 31.2 Å². The molecule has 2 rings (SSSR count). The number of carbonyl (C=O) groups excluding carboxylic acids is 1. The van der Waals surface area contributed by atoms with Gasteiger partial charge in [-0.15, -0.1) is 0 Å². The average Bonchev–Trinajstić information content (AvgIpc) is 2.31. The van der Waals surface area contributed by atoms with Crippen LogP contribution in [-0.4, -0.2) is 16.9 Å². The number of benzene rings is 1. The molecule has 90 valence electrons. The van der Waals surface area contributed by atoms with Gasteiger partial charge in [-0.2, -0.15) is 0 Å². The van der Waals surface area contributed by atoms with Crippen molar-refractivity contribution in [3.8, 4) is 0 Å². The Morgan fingerprint density at radius 3 is 2.35 bits per heavy atom. The summed E-state index contributed by atoms with van der Waals surface area (Å²) in [7, 11) is 0. The maximum absolute atomic E-state index is 13.7. The molecule has 0 unspecified atom stereocenters. The van der Waals surface area contributed by atoms with Crippen molar-refractivity contribution < 1.29 is 19.1 Å². The molecule has 0 radical (unpaired) electrons. The van der Waals surface area contributed by atoms with E-state index in [4.69, 9.17) is 0 Å². The number of carboxylic acid groups (broad SMARTS) is 1. The Kier molecular flexibility index (Phi) is 2.96. The highest BCUT2D eigenvalue weighted by Gasteiger charge is 2.44. The van der Waals surface area contributed by atoms with Gasteiger partial charge in [-0.1, -0.05) is 18.2 Å². The second-order valence-corrected chi connectivity index (χ2v) is 4.41. The molecule has 4 heteroatoms. The minimum absolute atomic E-state index is 0.0539. The fourth-order valence-corrected chi connectivity index (χ4v) is 2.40. The predicted octanol–water partition coefficient (Wildman–Crippen LogP) is 2.29. The van der Waals surface area contributed by atoms with Crippen LogP contribution >= 0.6 is 0 Å². The molecule has 1 aromatic carbocycles. The van der Waals surface area contributed by atoms with E-state index in [-0.39, 0.29) is 37.0 Å². The van der Waals surface area contributed by atoms with Gasteiger partial charge >= 0.3 is 5.97 Å². The highest BCUT2D eigenvalue weighted by atomic mass is 19.1. The molecule has 0 atom stereocenters. The average molecular weight is 236 g/mol. The topological polar surface area (TPSA) is 54.4 Å². The highest BCUT2D eigenvalue weighted by Crippen LogP contribution is 2.39. The second-order valence-electron chi connectivity index (χ2n) is 4.41. The molecule has 0 aliphatic heterocycles. The van der Waals surface area contributed by atoms with Crippen molar-refractivity contribution >= 4 is 11.8 Å². The quantitative estimate of drug-likeness (QED) is 0.857. The maximum Gasteiger partial charge on any atom is 0.314 e. The monoisotopic (exact) mass is 236 g/mol. The van der Waals surface area contributed by atoms with E-state index in [1.54, 1.807) is 6.07 Å². The maximum atomic E-state index is 13.7. The molecular weight excluding hydrogens is 223 g/mol. The molecule has 0 heterocycles. The lowest BCUT2D eigenvalue weighted by Crippen LogP contribution is -2.40. The molecule has 0 aromatic heterocycles.